The first-order valence-electron chi connectivity index (χ1n) is 4.70. The summed E-state index contributed by atoms with van der Waals surface area (Å²) < 4.78 is 2.00. The minimum Gasteiger partial charge on any atom is -0.311 e. The molecule has 0 unspecified atom stereocenters. The summed E-state index contributed by atoms with van der Waals surface area (Å²) in [5.74, 6) is 0. The molecule has 1 N–H and O–H groups in total. The summed E-state index contributed by atoms with van der Waals surface area (Å²) in [5, 5.41) is 7.52. The Hall–Kier alpha value is -1.09. The average Bonchev–Trinajstić information content (AvgIpc) is 2.60. The fourth-order valence-electron chi connectivity index (χ4n) is 1.22. The van der Waals surface area contributed by atoms with E-state index in [0.29, 0.717) is 0 Å². The van der Waals surface area contributed by atoms with Crippen molar-refractivity contribution in [3.05, 3.63) is 30.6 Å². The molecule has 0 radical (unpaired) electrons. The van der Waals surface area contributed by atoms with E-state index in [2.05, 4.69) is 23.9 Å². The van der Waals surface area contributed by atoms with Gasteiger partial charge in [-0.2, -0.15) is 5.10 Å². The molecule has 13 heavy (non-hydrogen) atoms. The molecule has 0 aromatic carbocycles. The molecule has 1 aromatic rings. The molecule has 0 aliphatic rings. The van der Waals surface area contributed by atoms with Gasteiger partial charge in [-0.1, -0.05) is 6.08 Å². The lowest BCUT2D eigenvalue weighted by molar-refractivity contribution is 0.584. The number of aryl methyl sites for hydroxylation is 1. The van der Waals surface area contributed by atoms with Gasteiger partial charge in [0.25, 0.3) is 0 Å². The van der Waals surface area contributed by atoms with Crippen LogP contribution in [0.1, 0.15) is 19.0 Å². The zero-order valence-electron chi connectivity index (χ0n) is 8.16. The van der Waals surface area contributed by atoms with Crippen LogP contribution in [0.4, 0.5) is 0 Å². The minimum atomic E-state index is 0.891. The van der Waals surface area contributed by atoms with Crippen molar-refractivity contribution >= 4 is 0 Å². The van der Waals surface area contributed by atoms with Crippen molar-refractivity contribution in [1.29, 1.82) is 0 Å². The highest BCUT2D eigenvalue weighted by Gasteiger charge is 1.98. The van der Waals surface area contributed by atoms with E-state index in [1.54, 1.807) is 0 Å². The Labute approximate surface area is 79.5 Å². The van der Waals surface area contributed by atoms with Crippen molar-refractivity contribution in [1.82, 2.24) is 15.1 Å². The number of nitrogens with zero attached hydrogens (tertiary/aromatic N) is 2. The minimum absolute atomic E-state index is 0.891. The predicted octanol–water partition coefficient (Wildman–Crippen LogP) is 1.57. The van der Waals surface area contributed by atoms with Gasteiger partial charge < -0.3 is 5.32 Å². The number of hydrogen-bond acceptors (Lipinski definition) is 2. The first-order chi connectivity index (χ1) is 6.38. The highest BCUT2D eigenvalue weighted by molar-refractivity contribution is 4.99. The van der Waals surface area contributed by atoms with Crippen LogP contribution in [0, 0.1) is 0 Å². The second-order valence-corrected chi connectivity index (χ2v) is 2.89. The van der Waals surface area contributed by atoms with Gasteiger partial charge in [-0.05, 0) is 26.0 Å². The molecular formula is C10H17N3. The lowest BCUT2D eigenvalue weighted by atomic mass is 10.4. The van der Waals surface area contributed by atoms with Gasteiger partial charge in [0, 0.05) is 19.3 Å². The highest BCUT2D eigenvalue weighted by atomic mass is 15.3. The van der Waals surface area contributed by atoms with Gasteiger partial charge in [-0.3, -0.25) is 4.68 Å². The summed E-state index contributed by atoms with van der Waals surface area (Å²) in [6, 6.07) is 2.05. The van der Waals surface area contributed by atoms with Crippen LogP contribution in [0.5, 0.6) is 0 Å². The maximum atomic E-state index is 4.19. The molecule has 0 aliphatic heterocycles. The highest BCUT2D eigenvalue weighted by Crippen LogP contribution is 1.97. The fraction of sp³-hybridized carbons (Fsp3) is 0.500. The van der Waals surface area contributed by atoms with Crippen molar-refractivity contribution < 1.29 is 0 Å². The van der Waals surface area contributed by atoms with Crippen LogP contribution >= 0.6 is 0 Å². The number of rotatable bonds is 6. The Morgan fingerprint density at radius 3 is 3.23 bits per heavy atom. The quantitative estimate of drug-likeness (QED) is 0.530. The van der Waals surface area contributed by atoms with Crippen LogP contribution in [0.25, 0.3) is 0 Å². The third-order valence-electron chi connectivity index (χ3n) is 1.94. The standard InChI is InChI=1S/C10H17N3/c1-3-5-7-11-9-10-6-8-12-13(10)4-2/h3,6,8,11H,1,4-5,7,9H2,2H3. The number of nitrogens with one attached hydrogen (secondary N) is 1. The molecule has 0 fully saturated rings. The topological polar surface area (TPSA) is 29.9 Å². The van der Waals surface area contributed by atoms with Crippen LogP contribution in [0.15, 0.2) is 24.9 Å². The van der Waals surface area contributed by atoms with E-state index >= 15 is 0 Å². The number of hydrogen-bond donors (Lipinski definition) is 1. The smallest absolute Gasteiger partial charge is 0.0521 e. The largest absolute Gasteiger partial charge is 0.311 e. The maximum absolute atomic E-state index is 4.19. The van der Waals surface area contributed by atoms with Gasteiger partial charge in [-0.25, -0.2) is 0 Å². The summed E-state index contributed by atoms with van der Waals surface area (Å²) in [5.41, 5.74) is 1.24. The average molecular weight is 179 g/mol. The van der Waals surface area contributed by atoms with Crippen LogP contribution < -0.4 is 5.32 Å². The molecule has 1 rings (SSSR count). The third-order valence-corrected chi connectivity index (χ3v) is 1.94. The summed E-state index contributed by atoms with van der Waals surface area (Å²) in [4.78, 5) is 0. The zero-order chi connectivity index (χ0) is 9.52. The lowest BCUT2D eigenvalue weighted by Gasteiger charge is -2.05. The van der Waals surface area contributed by atoms with Gasteiger partial charge >= 0.3 is 0 Å². The first kappa shape index (κ1) is 9.99. The van der Waals surface area contributed by atoms with Crippen LogP contribution in [0.3, 0.4) is 0 Å². The molecule has 1 aromatic heterocycles. The van der Waals surface area contributed by atoms with E-state index in [9.17, 15) is 0 Å². The zero-order valence-corrected chi connectivity index (χ0v) is 8.16. The fourth-order valence-corrected chi connectivity index (χ4v) is 1.22. The molecule has 0 saturated carbocycles. The van der Waals surface area contributed by atoms with Gasteiger partial charge in [-0.15, -0.1) is 6.58 Å². The Morgan fingerprint density at radius 2 is 2.54 bits per heavy atom. The monoisotopic (exact) mass is 179 g/mol. The summed E-state index contributed by atoms with van der Waals surface area (Å²) >= 11 is 0. The molecular weight excluding hydrogens is 162 g/mol. The van der Waals surface area contributed by atoms with E-state index in [1.807, 2.05) is 23.0 Å². The van der Waals surface area contributed by atoms with E-state index in [1.165, 1.54) is 5.69 Å². The Bertz CT molecular complexity index is 252. The summed E-state index contributed by atoms with van der Waals surface area (Å²) in [7, 11) is 0. The SMILES string of the molecule is C=CCCNCc1ccnn1CC. The normalized spacial score (nSPS) is 10.2. The summed E-state index contributed by atoms with van der Waals surface area (Å²) in [6.45, 7) is 8.58. The molecule has 1 heterocycles. The molecule has 3 nitrogen and oxygen atoms in total. The van der Waals surface area contributed by atoms with Crippen LogP contribution in [0.2, 0.25) is 0 Å². The van der Waals surface area contributed by atoms with Crippen molar-refractivity contribution in [3.8, 4) is 0 Å². The molecule has 72 valence electrons. The van der Waals surface area contributed by atoms with Crippen molar-refractivity contribution in [2.75, 3.05) is 6.54 Å². The molecule has 0 bridgehead atoms. The second kappa shape index (κ2) is 5.54. The Kier molecular flexibility index (Phi) is 4.26. The van der Waals surface area contributed by atoms with E-state index in [0.717, 1.165) is 26.1 Å². The van der Waals surface area contributed by atoms with E-state index in [4.69, 9.17) is 0 Å². The van der Waals surface area contributed by atoms with Crippen LogP contribution in [-0.2, 0) is 13.1 Å². The molecule has 0 aliphatic carbocycles. The summed E-state index contributed by atoms with van der Waals surface area (Å²) in [6.07, 6.45) is 4.78. The van der Waals surface area contributed by atoms with E-state index < -0.39 is 0 Å². The number of aromatic nitrogens is 2. The van der Waals surface area contributed by atoms with E-state index in [-0.39, 0.29) is 0 Å². The van der Waals surface area contributed by atoms with Gasteiger partial charge in [0.2, 0.25) is 0 Å². The maximum Gasteiger partial charge on any atom is 0.0521 e. The Balaban J connectivity index is 2.31. The van der Waals surface area contributed by atoms with Crippen molar-refractivity contribution in [2.24, 2.45) is 0 Å². The third kappa shape index (κ3) is 3.03. The van der Waals surface area contributed by atoms with Gasteiger partial charge in [0.1, 0.15) is 0 Å². The van der Waals surface area contributed by atoms with Gasteiger partial charge in [0.05, 0.1) is 5.69 Å². The Morgan fingerprint density at radius 1 is 1.69 bits per heavy atom. The first-order valence-corrected chi connectivity index (χ1v) is 4.70. The predicted molar refractivity (Wildman–Crippen MR) is 54.4 cm³/mol. The molecule has 0 atom stereocenters. The van der Waals surface area contributed by atoms with Crippen molar-refractivity contribution in [2.45, 2.75) is 26.4 Å². The van der Waals surface area contributed by atoms with Gasteiger partial charge in [0.15, 0.2) is 0 Å². The molecule has 0 amide bonds. The molecule has 3 heteroatoms. The molecule has 0 spiro atoms. The lowest BCUT2D eigenvalue weighted by Crippen LogP contribution is -2.17. The second-order valence-electron chi connectivity index (χ2n) is 2.89. The molecule has 0 saturated heterocycles. The van der Waals surface area contributed by atoms with Crippen molar-refractivity contribution in [3.63, 3.8) is 0 Å². The van der Waals surface area contributed by atoms with Crippen LogP contribution in [-0.4, -0.2) is 16.3 Å².